The highest BCUT2D eigenvalue weighted by Gasteiger charge is 2.36. The van der Waals surface area contributed by atoms with Gasteiger partial charge in [0.2, 0.25) is 47.3 Å². The molecule has 3 aromatic carbocycles. The number of nitrogens with zero attached hydrogens (tertiary/aromatic N) is 1. The summed E-state index contributed by atoms with van der Waals surface area (Å²) in [5.74, 6) is -8.62. The third kappa shape index (κ3) is 17.6. The van der Waals surface area contributed by atoms with Gasteiger partial charge in [0.25, 0.3) is 0 Å². The molecule has 1 aliphatic rings. The number of carbonyl (C=O) groups excluding carboxylic acids is 8. The largest absolute Gasteiger partial charge is 0.368 e. The SMILES string of the molecule is CC(C)[C@H]1NC(=O)[C@H](CCCCN)NC(=O)[C@@H](Cc2c[nH]c3ccccc23)NC(=O)[C@H](Cc2cnc[nH]2)NC(=O)[C@@H](NC(=O)[C@@H](N)Cc2ccc(F)cc2)CSSC[C@@H](C(=O)N[C@@H](Cc2ccc(F)cc2)C(N)=O)NC1=O. The van der Waals surface area contributed by atoms with Crippen LogP contribution < -0.4 is 54.4 Å². The van der Waals surface area contributed by atoms with E-state index >= 15 is 0 Å². The number of unbranched alkanes of at least 4 members (excludes halogenated alkanes) is 1. The van der Waals surface area contributed by atoms with Crippen molar-refractivity contribution in [2.45, 2.75) is 107 Å². The van der Waals surface area contributed by atoms with Crippen LogP contribution in [0.3, 0.4) is 0 Å². The number of benzene rings is 3. The topological polar surface area (TPSA) is 343 Å². The fourth-order valence-electron chi connectivity index (χ4n) is 8.38. The first kappa shape index (κ1) is 58.9. The van der Waals surface area contributed by atoms with E-state index in [0.717, 1.165) is 32.5 Å². The fraction of sp³-hybridized carbons (Fsp3) is 0.404. The molecule has 1 saturated heterocycles. The number of fused-ring (bicyclic) bond motifs is 1. The maximum absolute atomic E-state index is 14.7. The number of H-pyrrole nitrogens is 2. The highest BCUT2D eigenvalue weighted by molar-refractivity contribution is 8.76. The predicted octanol–water partition coefficient (Wildman–Crippen LogP) is 0.826. The summed E-state index contributed by atoms with van der Waals surface area (Å²) in [5, 5.41) is 19.8. The summed E-state index contributed by atoms with van der Waals surface area (Å²) in [4.78, 5) is 124. The molecule has 0 unspecified atom stereocenters. The monoisotopic (exact) mass is 1100 g/mol. The third-order valence-corrected chi connectivity index (χ3v) is 15.1. The summed E-state index contributed by atoms with van der Waals surface area (Å²) >= 11 is 0. The van der Waals surface area contributed by atoms with Crippen molar-refractivity contribution in [1.29, 1.82) is 0 Å². The van der Waals surface area contributed by atoms with E-state index in [0.29, 0.717) is 35.2 Å². The van der Waals surface area contributed by atoms with Crippen molar-refractivity contribution in [2.75, 3.05) is 18.1 Å². The number of nitrogens with one attached hydrogen (secondary N) is 9. The number of primary amides is 1. The summed E-state index contributed by atoms with van der Waals surface area (Å²) in [6, 6.07) is 7.11. The molecule has 0 bridgehead atoms. The van der Waals surface area contributed by atoms with Gasteiger partial charge in [0, 0.05) is 59.8 Å². The molecule has 77 heavy (non-hydrogen) atoms. The van der Waals surface area contributed by atoms with Gasteiger partial charge in [0.15, 0.2) is 0 Å². The lowest BCUT2D eigenvalue weighted by molar-refractivity contribution is -0.136. The van der Waals surface area contributed by atoms with Crippen LogP contribution in [0, 0.1) is 17.6 Å². The third-order valence-electron chi connectivity index (χ3n) is 12.7. The van der Waals surface area contributed by atoms with Crippen LogP contribution in [0.5, 0.6) is 0 Å². The van der Waals surface area contributed by atoms with Gasteiger partial charge in [-0.1, -0.05) is 77.9 Å². The first-order valence-corrected chi connectivity index (χ1v) is 27.5. The average molecular weight is 1100 g/mol. The lowest BCUT2D eigenvalue weighted by Crippen LogP contribution is -2.61. The zero-order valence-electron chi connectivity index (χ0n) is 42.4. The van der Waals surface area contributed by atoms with Gasteiger partial charge < -0.3 is 64.4 Å². The van der Waals surface area contributed by atoms with Crippen LogP contribution in [0.2, 0.25) is 0 Å². The van der Waals surface area contributed by atoms with E-state index in [2.05, 4.69) is 52.2 Å². The number of aromatic nitrogens is 3. The molecular weight excluding hydrogens is 1040 g/mol. The zero-order chi connectivity index (χ0) is 55.6. The van der Waals surface area contributed by atoms with Gasteiger partial charge in [-0.2, -0.15) is 0 Å². The standard InChI is InChI=1S/C52H65F2N13O8S2/c1-28(2)44-52(75)66-43(50(73)62-39(45(57)68)20-30-12-16-33(54)17-13-30)26-77-76-25-42(65-46(69)36(56)19-29-10-14-32(53)15-11-29)51(74)64-41(22-34-24-58-27-60-34)49(72)63-40(21-31-23-59-37-8-4-3-7-35(31)37)48(71)61-38(47(70)67-44)9-5-6-18-55/h3-4,7-8,10-17,23-24,27-28,36,38-44,59H,5-6,9,18-22,25-26,55-56H2,1-2H3,(H2,57,68)(H,58,60)(H,61,71)(H,62,73)(H,63,72)(H,64,74)(H,65,69)(H,66,75)(H,67,70)/t36-,38-,39-,40+,41-,42-,43-,44+/m0/s1. The molecule has 0 aliphatic carbocycles. The Labute approximate surface area is 451 Å². The van der Waals surface area contributed by atoms with E-state index in [9.17, 15) is 47.1 Å². The predicted molar refractivity (Wildman–Crippen MR) is 288 cm³/mol. The normalized spacial score (nSPS) is 21.2. The molecule has 0 spiro atoms. The molecule has 5 aromatic rings. The van der Waals surface area contributed by atoms with Gasteiger partial charge >= 0.3 is 0 Å². The van der Waals surface area contributed by atoms with Crippen LogP contribution in [-0.2, 0) is 64.0 Å². The first-order chi connectivity index (χ1) is 36.9. The Balaban J connectivity index is 1.37. The molecule has 15 N–H and O–H groups in total. The van der Waals surface area contributed by atoms with E-state index in [1.54, 1.807) is 20.0 Å². The lowest BCUT2D eigenvalue weighted by Gasteiger charge is -2.29. The minimum absolute atomic E-state index is 0.0390. The van der Waals surface area contributed by atoms with Gasteiger partial charge in [-0.3, -0.25) is 38.4 Å². The van der Waals surface area contributed by atoms with Gasteiger partial charge in [0.05, 0.1) is 12.4 Å². The molecule has 25 heteroatoms. The molecule has 21 nitrogen and oxygen atoms in total. The molecule has 0 saturated carbocycles. The van der Waals surface area contributed by atoms with Crippen molar-refractivity contribution in [3.63, 3.8) is 0 Å². The van der Waals surface area contributed by atoms with E-state index in [4.69, 9.17) is 17.2 Å². The Morgan fingerprint density at radius 1 is 0.727 bits per heavy atom. The molecule has 1 aliphatic heterocycles. The molecule has 1 fully saturated rings. The minimum Gasteiger partial charge on any atom is -0.368 e. The van der Waals surface area contributed by atoms with Crippen LogP contribution in [0.25, 0.3) is 10.9 Å². The quantitative estimate of drug-likeness (QED) is 0.0428. The van der Waals surface area contributed by atoms with Crippen LogP contribution in [-0.4, -0.2) is 129 Å². The summed E-state index contributed by atoms with van der Waals surface area (Å²) in [7, 11) is 2.00. The number of imidazole rings is 1. The van der Waals surface area contributed by atoms with E-state index < -0.39 is 113 Å². The summed E-state index contributed by atoms with van der Waals surface area (Å²) < 4.78 is 27.5. The summed E-state index contributed by atoms with van der Waals surface area (Å²) in [6.07, 6.45) is 4.99. The van der Waals surface area contributed by atoms with Gasteiger partial charge in [-0.25, -0.2) is 13.8 Å². The van der Waals surface area contributed by atoms with Gasteiger partial charge in [-0.05, 0) is 85.2 Å². The lowest BCUT2D eigenvalue weighted by atomic mass is 10.00. The minimum atomic E-state index is -1.43. The van der Waals surface area contributed by atoms with Crippen molar-refractivity contribution in [3.05, 3.63) is 126 Å². The van der Waals surface area contributed by atoms with Crippen molar-refractivity contribution in [2.24, 2.45) is 23.1 Å². The zero-order valence-corrected chi connectivity index (χ0v) is 44.1. The van der Waals surface area contributed by atoms with Gasteiger partial charge in [0.1, 0.15) is 53.9 Å². The van der Waals surface area contributed by atoms with Crippen molar-refractivity contribution < 1.29 is 47.1 Å². The number of halogens is 2. The molecule has 8 atom stereocenters. The van der Waals surface area contributed by atoms with E-state index in [1.807, 2.05) is 24.3 Å². The number of amides is 8. The number of aromatic amines is 2. The summed E-state index contributed by atoms with van der Waals surface area (Å²) in [5.41, 5.74) is 20.7. The number of hydrogen-bond donors (Lipinski definition) is 12. The maximum Gasteiger partial charge on any atom is 0.244 e. The van der Waals surface area contributed by atoms with E-state index in [-0.39, 0.29) is 50.2 Å². The molecular formula is C52H65F2N13O8S2. The Morgan fingerprint density at radius 2 is 1.34 bits per heavy atom. The van der Waals surface area contributed by atoms with Crippen molar-refractivity contribution in [1.82, 2.24) is 52.2 Å². The maximum atomic E-state index is 14.7. The number of hydrogen-bond acceptors (Lipinski definition) is 13. The number of para-hydroxylation sites is 1. The van der Waals surface area contributed by atoms with Crippen LogP contribution in [0.4, 0.5) is 8.78 Å². The van der Waals surface area contributed by atoms with E-state index in [1.165, 1.54) is 61.1 Å². The smallest absolute Gasteiger partial charge is 0.244 e. The first-order valence-electron chi connectivity index (χ1n) is 25.0. The Hall–Kier alpha value is -7.35. The Bertz CT molecular complexity index is 2820. The second kappa shape index (κ2) is 28.7. The average Bonchev–Trinajstić information content (AvgIpc) is 4.08. The molecule has 2 aromatic heterocycles. The number of nitrogens with two attached hydrogens (primary N) is 3. The fourth-order valence-corrected chi connectivity index (χ4v) is 10.7. The van der Waals surface area contributed by atoms with Crippen LogP contribution in [0.15, 0.2) is 91.5 Å². The second-order valence-corrected chi connectivity index (χ2v) is 21.5. The molecule has 8 amide bonds. The van der Waals surface area contributed by atoms with Crippen LogP contribution in [0.1, 0.15) is 55.5 Å². The highest BCUT2D eigenvalue weighted by atomic mass is 33.1. The van der Waals surface area contributed by atoms with Crippen molar-refractivity contribution >= 4 is 79.7 Å². The number of rotatable bonds is 18. The molecule has 3 heterocycles. The molecule has 6 rings (SSSR count). The summed E-state index contributed by atoms with van der Waals surface area (Å²) in [6.45, 7) is 3.59. The highest BCUT2D eigenvalue weighted by Crippen LogP contribution is 2.25. The Kier molecular flexibility index (Phi) is 21.9. The molecule has 0 radical (unpaired) electrons. The van der Waals surface area contributed by atoms with Crippen molar-refractivity contribution in [3.8, 4) is 0 Å². The number of carbonyl (C=O) groups is 8. The molecule has 412 valence electrons. The second-order valence-electron chi connectivity index (χ2n) is 19.0. The Morgan fingerprint density at radius 3 is 1.97 bits per heavy atom. The van der Waals surface area contributed by atoms with Gasteiger partial charge in [-0.15, -0.1) is 0 Å². The van der Waals surface area contributed by atoms with Crippen LogP contribution >= 0.6 is 21.6 Å².